The molecule has 0 spiro atoms. The Kier molecular flexibility index (Phi) is 8.52. The molecule has 0 unspecified atom stereocenters. The van der Waals surface area contributed by atoms with Crippen molar-refractivity contribution in [2.24, 2.45) is 0 Å². The standard InChI is InChI=1S/C34H41NO3/c1-5-34(6-2,29-11-10-27(24(3)18-29)14-17-33(38)15-8-7-9-16-33)30-12-13-31(25(4)19-30)28-20-26(21-32(36)37)22-35-23-28/h10-14,17-20,22-23,38H,5-9,15-16,21H2,1-4H3,(H,36,37)/b17-14+. The van der Waals surface area contributed by atoms with Crippen LogP contribution in [0.4, 0.5) is 0 Å². The fourth-order valence-corrected chi connectivity index (χ4v) is 6.16. The maximum atomic E-state index is 11.2. The Balaban J connectivity index is 1.65. The molecule has 38 heavy (non-hydrogen) atoms. The van der Waals surface area contributed by atoms with E-state index in [9.17, 15) is 9.90 Å². The molecule has 1 aromatic heterocycles. The Labute approximate surface area is 227 Å². The van der Waals surface area contributed by atoms with E-state index in [1.54, 1.807) is 12.4 Å². The molecule has 2 aromatic carbocycles. The first-order valence-corrected chi connectivity index (χ1v) is 14.0. The number of aliphatic carboxylic acids is 1. The zero-order valence-corrected chi connectivity index (χ0v) is 23.3. The lowest BCUT2D eigenvalue weighted by Gasteiger charge is -2.34. The van der Waals surface area contributed by atoms with E-state index >= 15 is 0 Å². The van der Waals surface area contributed by atoms with Crippen LogP contribution >= 0.6 is 0 Å². The number of nitrogens with zero attached hydrogens (tertiary/aromatic N) is 1. The fraction of sp³-hybridized carbons (Fsp3) is 0.412. The van der Waals surface area contributed by atoms with Gasteiger partial charge >= 0.3 is 5.97 Å². The van der Waals surface area contributed by atoms with Crippen LogP contribution in [0.5, 0.6) is 0 Å². The fourth-order valence-electron chi connectivity index (χ4n) is 6.16. The van der Waals surface area contributed by atoms with Gasteiger partial charge in [-0.15, -0.1) is 0 Å². The normalized spacial score (nSPS) is 15.6. The second-order valence-corrected chi connectivity index (χ2v) is 11.0. The van der Waals surface area contributed by atoms with Gasteiger partial charge in [-0.3, -0.25) is 9.78 Å². The van der Waals surface area contributed by atoms with E-state index < -0.39 is 11.6 Å². The molecule has 4 heteroatoms. The Bertz CT molecular complexity index is 1310. The highest BCUT2D eigenvalue weighted by Gasteiger charge is 2.31. The molecule has 1 aliphatic carbocycles. The third kappa shape index (κ3) is 5.91. The van der Waals surface area contributed by atoms with Crippen molar-refractivity contribution in [2.45, 2.75) is 90.1 Å². The summed E-state index contributed by atoms with van der Waals surface area (Å²) in [6.07, 6.45) is 14.6. The summed E-state index contributed by atoms with van der Waals surface area (Å²) in [6, 6.07) is 15.4. The number of aromatic nitrogens is 1. The molecule has 0 atom stereocenters. The molecule has 200 valence electrons. The van der Waals surface area contributed by atoms with E-state index in [-0.39, 0.29) is 11.8 Å². The second-order valence-electron chi connectivity index (χ2n) is 11.0. The third-order valence-electron chi connectivity index (χ3n) is 8.56. The average molecular weight is 512 g/mol. The lowest BCUT2D eigenvalue weighted by atomic mass is 9.69. The van der Waals surface area contributed by atoms with Crippen LogP contribution in [0.2, 0.25) is 0 Å². The van der Waals surface area contributed by atoms with Gasteiger partial charge in [-0.2, -0.15) is 0 Å². The molecule has 0 radical (unpaired) electrons. The smallest absolute Gasteiger partial charge is 0.307 e. The molecule has 1 saturated carbocycles. The summed E-state index contributed by atoms with van der Waals surface area (Å²) < 4.78 is 0. The minimum Gasteiger partial charge on any atom is -0.481 e. The highest BCUT2D eigenvalue weighted by Crippen LogP contribution is 2.41. The highest BCUT2D eigenvalue weighted by molar-refractivity contribution is 5.73. The number of carboxylic acid groups (broad SMARTS) is 1. The van der Waals surface area contributed by atoms with Gasteiger partial charge in [0.15, 0.2) is 0 Å². The maximum absolute atomic E-state index is 11.2. The molecule has 3 aromatic rings. The molecular formula is C34H41NO3. The second kappa shape index (κ2) is 11.7. The van der Waals surface area contributed by atoms with Crippen LogP contribution in [-0.4, -0.2) is 26.8 Å². The summed E-state index contributed by atoms with van der Waals surface area (Å²) >= 11 is 0. The highest BCUT2D eigenvalue weighted by atomic mass is 16.4. The number of carbonyl (C=O) groups is 1. The largest absolute Gasteiger partial charge is 0.481 e. The minimum atomic E-state index is -0.853. The lowest BCUT2D eigenvalue weighted by Crippen LogP contribution is -2.28. The molecule has 4 nitrogen and oxygen atoms in total. The number of hydrogen-bond acceptors (Lipinski definition) is 3. The molecule has 0 saturated heterocycles. The van der Waals surface area contributed by atoms with Crippen molar-refractivity contribution >= 4 is 12.0 Å². The number of benzene rings is 2. The number of hydrogen-bond donors (Lipinski definition) is 2. The van der Waals surface area contributed by atoms with Gasteiger partial charge in [-0.05, 0) is 84.5 Å². The number of aryl methyl sites for hydroxylation is 2. The zero-order chi connectivity index (χ0) is 27.3. The van der Waals surface area contributed by atoms with Crippen molar-refractivity contribution in [3.63, 3.8) is 0 Å². The predicted molar refractivity (Wildman–Crippen MR) is 155 cm³/mol. The summed E-state index contributed by atoms with van der Waals surface area (Å²) in [5.41, 5.74) is 8.08. The van der Waals surface area contributed by atoms with Crippen LogP contribution in [0.1, 0.15) is 92.2 Å². The van der Waals surface area contributed by atoms with E-state index in [4.69, 9.17) is 5.11 Å². The van der Waals surface area contributed by atoms with E-state index in [1.807, 2.05) is 12.1 Å². The van der Waals surface area contributed by atoms with Gasteiger partial charge in [0.2, 0.25) is 0 Å². The van der Waals surface area contributed by atoms with Gasteiger partial charge in [0, 0.05) is 23.4 Å². The SMILES string of the molecule is CCC(CC)(c1ccc(/C=C/C2(O)CCCCC2)c(C)c1)c1ccc(-c2cncc(CC(=O)O)c2)c(C)c1. The summed E-state index contributed by atoms with van der Waals surface area (Å²) in [4.78, 5) is 15.5. The van der Waals surface area contributed by atoms with Crippen LogP contribution in [-0.2, 0) is 16.6 Å². The lowest BCUT2D eigenvalue weighted by molar-refractivity contribution is -0.136. The molecule has 0 aliphatic heterocycles. The van der Waals surface area contributed by atoms with Gasteiger partial charge in [0.25, 0.3) is 0 Å². The van der Waals surface area contributed by atoms with Gasteiger partial charge < -0.3 is 10.2 Å². The number of pyridine rings is 1. The van der Waals surface area contributed by atoms with Crippen LogP contribution in [0.15, 0.2) is 60.9 Å². The van der Waals surface area contributed by atoms with Gasteiger partial charge in [-0.25, -0.2) is 0 Å². The molecule has 1 aliphatic rings. The first-order valence-electron chi connectivity index (χ1n) is 14.0. The van der Waals surface area contributed by atoms with Gasteiger partial charge in [0.05, 0.1) is 12.0 Å². The van der Waals surface area contributed by atoms with E-state index in [2.05, 4.69) is 75.2 Å². The Morgan fingerprint density at radius 1 is 0.947 bits per heavy atom. The Morgan fingerprint density at radius 2 is 1.61 bits per heavy atom. The molecule has 1 heterocycles. The first kappa shape index (κ1) is 27.8. The first-order chi connectivity index (χ1) is 18.2. The average Bonchev–Trinajstić information content (AvgIpc) is 2.89. The summed E-state index contributed by atoms with van der Waals surface area (Å²) in [7, 11) is 0. The Hall–Kier alpha value is -3.24. The van der Waals surface area contributed by atoms with Crippen molar-refractivity contribution in [3.05, 3.63) is 94.3 Å². The van der Waals surface area contributed by atoms with E-state index in [0.717, 1.165) is 60.8 Å². The van der Waals surface area contributed by atoms with Crippen LogP contribution in [0.3, 0.4) is 0 Å². The quantitative estimate of drug-likeness (QED) is 0.307. The number of carboxylic acids is 1. The maximum Gasteiger partial charge on any atom is 0.307 e. The molecule has 0 amide bonds. The molecule has 1 fully saturated rings. The molecule has 2 N–H and O–H groups in total. The van der Waals surface area contributed by atoms with E-state index in [1.165, 1.54) is 23.1 Å². The molecule has 0 bridgehead atoms. The number of aliphatic hydroxyl groups is 1. The van der Waals surface area contributed by atoms with Crippen LogP contribution in [0, 0.1) is 13.8 Å². The molecule has 4 rings (SSSR count). The van der Waals surface area contributed by atoms with Crippen molar-refractivity contribution in [1.82, 2.24) is 4.98 Å². The zero-order valence-electron chi connectivity index (χ0n) is 23.3. The monoisotopic (exact) mass is 511 g/mol. The summed E-state index contributed by atoms with van der Waals surface area (Å²) in [6.45, 7) is 8.80. The predicted octanol–water partition coefficient (Wildman–Crippen LogP) is 7.81. The van der Waals surface area contributed by atoms with Gasteiger partial charge in [-0.1, -0.05) is 81.7 Å². The van der Waals surface area contributed by atoms with Crippen LogP contribution < -0.4 is 0 Å². The summed E-state index contributed by atoms with van der Waals surface area (Å²) in [5.74, 6) is -0.853. The van der Waals surface area contributed by atoms with Crippen LogP contribution in [0.25, 0.3) is 17.2 Å². The minimum absolute atomic E-state index is 0.0312. The van der Waals surface area contributed by atoms with Crippen molar-refractivity contribution in [2.75, 3.05) is 0 Å². The third-order valence-corrected chi connectivity index (χ3v) is 8.56. The van der Waals surface area contributed by atoms with E-state index in [0.29, 0.717) is 5.56 Å². The van der Waals surface area contributed by atoms with Crippen molar-refractivity contribution in [1.29, 1.82) is 0 Å². The topological polar surface area (TPSA) is 70.4 Å². The molecular weight excluding hydrogens is 470 g/mol. The van der Waals surface area contributed by atoms with Gasteiger partial charge in [0.1, 0.15) is 0 Å². The number of rotatable bonds is 9. The Morgan fingerprint density at radius 3 is 2.21 bits per heavy atom. The summed E-state index contributed by atoms with van der Waals surface area (Å²) in [5, 5.41) is 20.1. The van der Waals surface area contributed by atoms with Crippen molar-refractivity contribution in [3.8, 4) is 11.1 Å². The van der Waals surface area contributed by atoms with Crippen molar-refractivity contribution < 1.29 is 15.0 Å².